The van der Waals surface area contributed by atoms with Crippen LogP contribution in [0.4, 0.5) is 33.7 Å². The molecule has 9 nitrogen and oxygen atoms in total. The monoisotopic (exact) mass is 506 g/mol. The van der Waals surface area contributed by atoms with E-state index in [1.165, 1.54) is 16.7 Å². The summed E-state index contributed by atoms with van der Waals surface area (Å²) in [5, 5.41) is 2.29. The number of nitrogens with one attached hydrogen (secondary N) is 1. The zero-order valence-corrected chi connectivity index (χ0v) is 18.9. The van der Waals surface area contributed by atoms with Crippen LogP contribution in [-0.4, -0.2) is 86.3 Å². The Labute approximate surface area is 197 Å². The van der Waals surface area contributed by atoms with Crippen molar-refractivity contribution in [3.8, 4) is 0 Å². The first kappa shape index (κ1) is 25.5. The lowest BCUT2D eigenvalue weighted by Gasteiger charge is -2.36. The van der Waals surface area contributed by atoms with Crippen LogP contribution in [0.3, 0.4) is 0 Å². The van der Waals surface area contributed by atoms with Gasteiger partial charge in [-0.3, -0.25) is 14.5 Å². The van der Waals surface area contributed by atoms with E-state index in [0.717, 1.165) is 17.0 Å². The summed E-state index contributed by atoms with van der Waals surface area (Å²) in [6.07, 6.45) is -4.57. The van der Waals surface area contributed by atoms with Gasteiger partial charge in [0.15, 0.2) is 18.2 Å². The smallest absolute Gasteiger partial charge is 0.414 e. The van der Waals surface area contributed by atoms with E-state index in [4.69, 9.17) is 4.74 Å². The van der Waals surface area contributed by atoms with Crippen molar-refractivity contribution in [2.45, 2.75) is 19.5 Å². The third-order valence-corrected chi connectivity index (χ3v) is 5.56. The third-order valence-electron chi connectivity index (χ3n) is 5.24. The summed E-state index contributed by atoms with van der Waals surface area (Å²) in [6, 6.07) is 1.97. The molecule has 2 heterocycles. The van der Waals surface area contributed by atoms with Crippen LogP contribution in [0.15, 0.2) is 12.1 Å². The van der Waals surface area contributed by atoms with Crippen LogP contribution >= 0.6 is 12.2 Å². The molecule has 3 rings (SSSR count). The minimum Gasteiger partial charge on any atom is -0.456 e. The Morgan fingerprint density at radius 2 is 1.82 bits per heavy atom. The fourth-order valence-electron chi connectivity index (χ4n) is 3.57. The summed E-state index contributed by atoms with van der Waals surface area (Å²) >= 11 is 4.46. The van der Waals surface area contributed by atoms with Crippen molar-refractivity contribution < 1.29 is 41.4 Å². The molecule has 2 aliphatic rings. The fourth-order valence-corrected chi connectivity index (χ4v) is 3.66. The second kappa shape index (κ2) is 10.8. The quantitative estimate of drug-likeness (QED) is 0.340. The molecule has 34 heavy (non-hydrogen) atoms. The Morgan fingerprint density at radius 1 is 1.21 bits per heavy atom. The minimum atomic E-state index is -2.85. The summed E-state index contributed by atoms with van der Waals surface area (Å²) in [5.41, 5.74) is -0.387. The van der Waals surface area contributed by atoms with Crippen molar-refractivity contribution in [1.82, 2.24) is 10.2 Å². The third kappa shape index (κ3) is 6.04. The van der Waals surface area contributed by atoms with E-state index in [9.17, 15) is 31.9 Å². The first-order valence-corrected chi connectivity index (χ1v) is 10.7. The number of benzene rings is 1. The van der Waals surface area contributed by atoms with Gasteiger partial charge in [-0.25, -0.2) is 22.4 Å². The number of piperazine rings is 1. The Hall–Kier alpha value is -3.16. The van der Waals surface area contributed by atoms with E-state index in [-0.39, 0.29) is 50.6 Å². The number of carbonyl (C=O) groups is 3. The van der Waals surface area contributed by atoms with E-state index in [0.29, 0.717) is 0 Å². The fraction of sp³-hybridized carbons (Fsp3) is 0.500. The Kier molecular flexibility index (Phi) is 8.12. The SMILES string of the molecule is CC(=O)OCC(=O)N1CCN(c2c(F)cc(N3C[C@H](CNC(=S)C(F)F)OC3=O)cc2F)CC1. The molecule has 0 unspecified atom stereocenters. The molecule has 0 spiro atoms. The molecule has 186 valence electrons. The molecule has 14 heteroatoms. The van der Waals surface area contributed by atoms with E-state index >= 15 is 0 Å². The van der Waals surface area contributed by atoms with Crippen molar-refractivity contribution >= 4 is 46.6 Å². The molecule has 0 bridgehead atoms. The summed E-state index contributed by atoms with van der Waals surface area (Å²) in [7, 11) is 0. The van der Waals surface area contributed by atoms with Crippen LogP contribution in [0.25, 0.3) is 0 Å². The van der Waals surface area contributed by atoms with Gasteiger partial charge in [-0.1, -0.05) is 12.2 Å². The van der Waals surface area contributed by atoms with Crippen LogP contribution < -0.4 is 15.1 Å². The summed E-state index contributed by atoms with van der Waals surface area (Å²) in [4.78, 5) is 38.2. The lowest BCUT2D eigenvalue weighted by Crippen LogP contribution is -2.50. The van der Waals surface area contributed by atoms with Gasteiger partial charge >= 0.3 is 12.1 Å². The number of anilines is 2. The molecular formula is C20H22F4N4O5S. The maximum Gasteiger partial charge on any atom is 0.414 e. The zero-order valence-electron chi connectivity index (χ0n) is 18.1. The van der Waals surface area contributed by atoms with Crippen LogP contribution in [0, 0.1) is 11.6 Å². The van der Waals surface area contributed by atoms with E-state index in [1.54, 1.807) is 0 Å². The molecule has 0 radical (unpaired) electrons. The van der Waals surface area contributed by atoms with Crippen molar-refractivity contribution in [3.05, 3.63) is 23.8 Å². The largest absolute Gasteiger partial charge is 0.456 e. The number of ether oxygens (including phenoxy) is 2. The average molecular weight is 506 g/mol. The number of rotatable bonds is 7. The lowest BCUT2D eigenvalue weighted by atomic mass is 10.2. The van der Waals surface area contributed by atoms with Crippen molar-refractivity contribution in [1.29, 1.82) is 0 Å². The topological polar surface area (TPSA) is 91.4 Å². The molecule has 2 saturated heterocycles. The molecule has 1 aromatic rings. The van der Waals surface area contributed by atoms with E-state index in [2.05, 4.69) is 22.3 Å². The van der Waals surface area contributed by atoms with Crippen LogP contribution in [0.1, 0.15) is 6.92 Å². The predicted octanol–water partition coefficient (Wildman–Crippen LogP) is 1.68. The van der Waals surface area contributed by atoms with Gasteiger partial charge in [-0.15, -0.1) is 0 Å². The number of hydrogen-bond donors (Lipinski definition) is 1. The first-order chi connectivity index (χ1) is 16.1. The minimum absolute atomic E-state index is 0.0853. The molecule has 0 saturated carbocycles. The number of hydrogen-bond acceptors (Lipinski definition) is 7. The summed E-state index contributed by atoms with van der Waals surface area (Å²) in [6.45, 7) is 1.13. The van der Waals surface area contributed by atoms with Gasteiger partial charge in [0, 0.05) is 45.2 Å². The van der Waals surface area contributed by atoms with Crippen LogP contribution in [0.5, 0.6) is 0 Å². The van der Waals surface area contributed by atoms with Crippen LogP contribution in [-0.2, 0) is 19.1 Å². The highest BCUT2D eigenvalue weighted by Gasteiger charge is 2.34. The van der Waals surface area contributed by atoms with Crippen molar-refractivity contribution in [3.63, 3.8) is 0 Å². The average Bonchev–Trinajstić information content (AvgIpc) is 3.16. The number of alkyl halides is 2. The van der Waals surface area contributed by atoms with Crippen molar-refractivity contribution in [2.75, 3.05) is 55.7 Å². The van der Waals surface area contributed by atoms with Gasteiger partial charge in [0.1, 0.15) is 16.8 Å². The van der Waals surface area contributed by atoms with E-state index < -0.39 is 53.7 Å². The Bertz CT molecular complexity index is 951. The molecule has 2 amide bonds. The molecule has 1 atom stereocenters. The normalized spacial score (nSPS) is 18.2. The Morgan fingerprint density at radius 3 is 2.38 bits per heavy atom. The molecule has 2 fully saturated rings. The number of esters is 1. The van der Waals surface area contributed by atoms with Crippen molar-refractivity contribution in [2.24, 2.45) is 0 Å². The number of nitrogens with zero attached hydrogens (tertiary/aromatic N) is 3. The lowest BCUT2D eigenvalue weighted by molar-refractivity contribution is -0.150. The number of thiocarbonyl (C=S) groups is 1. The highest BCUT2D eigenvalue weighted by molar-refractivity contribution is 7.80. The van der Waals surface area contributed by atoms with Gasteiger partial charge in [0.25, 0.3) is 12.3 Å². The maximum atomic E-state index is 14.9. The van der Waals surface area contributed by atoms with Gasteiger partial charge < -0.3 is 24.6 Å². The Balaban J connectivity index is 1.62. The number of amides is 2. The second-order valence-electron chi connectivity index (χ2n) is 7.57. The summed E-state index contributed by atoms with van der Waals surface area (Å²) in [5.74, 6) is -2.82. The zero-order chi connectivity index (χ0) is 25.0. The number of halogens is 4. The molecular weight excluding hydrogens is 484 g/mol. The van der Waals surface area contributed by atoms with Gasteiger partial charge in [-0.05, 0) is 0 Å². The maximum absolute atomic E-state index is 14.9. The number of carbonyl (C=O) groups excluding carboxylic acids is 3. The van der Waals surface area contributed by atoms with E-state index in [1.807, 2.05) is 0 Å². The first-order valence-electron chi connectivity index (χ1n) is 10.3. The highest BCUT2D eigenvalue weighted by Crippen LogP contribution is 2.31. The van der Waals surface area contributed by atoms with Gasteiger partial charge in [0.05, 0.1) is 18.8 Å². The highest BCUT2D eigenvalue weighted by atomic mass is 32.1. The van der Waals surface area contributed by atoms with Crippen LogP contribution in [0.2, 0.25) is 0 Å². The van der Waals surface area contributed by atoms with Gasteiger partial charge in [0.2, 0.25) is 0 Å². The van der Waals surface area contributed by atoms with Gasteiger partial charge in [-0.2, -0.15) is 0 Å². The molecule has 1 N–H and O–H groups in total. The number of cyclic esters (lactones) is 1. The second-order valence-corrected chi connectivity index (χ2v) is 8.01. The molecule has 2 aliphatic heterocycles. The molecule has 0 aromatic heterocycles. The standard InChI is InChI=1S/C20H22F4N4O5S/c1-11(29)32-10-16(30)26-2-4-27(5-3-26)17-14(21)6-12(7-15(17)22)28-9-13(33-20(28)31)8-25-19(34)18(23)24/h6-7,13,18H,2-5,8-10H2,1H3,(H,25,34)/t13-/m0/s1. The molecule has 0 aliphatic carbocycles. The predicted molar refractivity (Wildman–Crippen MR) is 116 cm³/mol. The molecule has 1 aromatic carbocycles. The summed E-state index contributed by atoms with van der Waals surface area (Å²) < 4.78 is 64.4.